The SMILES string of the molecule is CN1CCC(c2ccccc2)CC1C1CCCC(F)(F)C1. The molecule has 1 saturated carbocycles. The van der Waals surface area contributed by atoms with Gasteiger partial charge in [-0.1, -0.05) is 30.3 Å². The van der Waals surface area contributed by atoms with E-state index in [4.69, 9.17) is 0 Å². The van der Waals surface area contributed by atoms with Crippen LogP contribution < -0.4 is 0 Å². The van der Waals surface area contributed by atoms with Crippen molar-refractivity contribution in [2.24, 2.45) is 5.92 Å². The first-order valence-corrected chi connectivity index (χ1v) is 8.18. The average Bonchev–Trinajstić information content (AvgIpc) is 2.47. The third kappa shape index (κ3) is 3.45. The average molecular weight is 293 g/mol. The van der Waals surface area contributed by atoms with Gasteiger partial charge >= 0.3 is 0 Å². The largest absolute Gasteiger partial charge is 0.303 e. The topological polar surface area (TPSA) is 3.24 Å². The Kier molecular flexibility index (Phi) is 4.30. The van der Waals surface area contributed by atoms with Gasteiger partial charge in [0.05, 0.1) is 0 Å². The molecule has 0 aromatic heterocycles. The highest BCUT2D eigenvalue weighted by Crippen LogP contribution is 2.43. The highest BCUT2D eigenvalue weighted by atomic mass is 19.3. The fourth-order valence-corrected chi connectivity index (χ4v) is 4.23. The number of nitrogens with zero attached hydrogens (tertiary/aromatic N) is 1. The molecule has 1 aliphatic carbocycles. The Morgan fingerprint density at radius 1 is 1.14 bits per heavy atom. The van der Waals surface area contributed by atoms with Crippen LogP contribution in [-0.4, -0.2) is 30.5 Å². The van der Waals surface area contributed by atoms with Crippen LogP contribution in [0.15, 0.2) is 30.3 Å². The molecule has 2 aliphatic rings. The summed E-state index contributed by atoms with van der Waals surface area (Å²) in [6.45, 7) is 1.02. The second kappa shape index (κ2) is 6.04. The minimum atomic E-state index is -2.44. The molecule has 1 aliphatic heterocycles. The summed E-state index contributed by atoms with van der Waals surface area (Å²) in [5.41, 5.74) is 1.37. The van der Waals surface area contributed by atoms with E-state index < -0.39 is 5.92 Å². The van der Waals surface area contributed by atoms with Crippen molar-refractivity contribution in [3.8, 4) is 0 Å². The molecule has 1 aromatic rings. The van der Waals surface area contributed by atoms with E-state index >= 15 is 0 Å². The number of piperidine rings is 1. The molecule has 21 heavy (non-hydrogen) atoms. The predicted octanol–water partition coefficient (Wildman–Crippen LogP) is 4.69. The lowest BCUT2D eigenvalue weighted by molar-refractivity contribution is -0.0700. The second-order valence-electron chi connectivity index (χ2n) is 6.89. The molecule has 1 heterocycles. The summed E-state index contributed by atoms with van der Waals surface area (Å²) in [5, 5.41) is 0. The van der Waals surface area contributed by atoms with Crippen molar-refractivity contribution in [3.05, 3.63) is 35.9 Å². The Labute approximate surface area is 126 Å². The normalized spacial score (nSPS) is 33.8. The van der Waals surface area contributed by atoms with Gasteiger partial charge in [0.2, 0.25) is 5.92 Å². The summed E-state index contributed by atoms with van der Waals surface area (Å²) in [7, 11) is 2.11. The third-order valence-corrected chi connectivity index (χ3v) is 5.42. The van der Waals surface area contributed by atoms with Gasteiger partial charge < -0.3 is 4.90 Å². The molecule has 0 amide bonds. The van der Waals surface area contributed by atoms with Crippen LogP contribution in [0, 0.1) is 5.92 Å². The number of hydrogen-bond acceptors (Lipinski definition) is 1. The molecule has 3 unspecified atom stereocenters. The molecular weight excluding hydrogens is 268 g/mol. The number of hydrogen-bond donors (Lipinski definition) is 0. The van der Waals surface area contributed by atoms with Crippen LogP contribution in [0.3, 0.4) is 0 Å². The number of rotatable bonds is 2. The number of likely N-dealkylation sites (tertiary alicyclic amines) is 1. The molecule has 0 bridgehead atoms. The molecular formula is C18H25F2N. The van der Waals surface area contributed by atoms with Crippen molar-refractivity contribution in [1.82, 2.24) is 4.90 Å². The van der Waals surface area contributed by atoms with Crippen molar-refractivity contribution in [1.29, 1.82) is 0 Å². The lowest BCUT2D eigenvalue weighted by Crippen LogP contribution is -2.46. The lowest BCUT2D eigenvalue weighted by Gasteiger charge is -2.44. The zero-order valence-electron chi connectivity index (χ0n) is 12.8. The van der Waals surface area contributed by atoms with Crippen molar-refractivity contribution in [3.63, 3.8) is 0 Å². The van der Waals surface area contributed by atoms with Crippen LogP contribution in [0.25, 0.3) is 0 Å². The first kappa shape index (κ1) is 15.0. The van der Waals surface area contributed by atoms with Crippen LogP contribution in [0.2, 0.25) is 0 Å². The van der Waals surface area contributed by atoms with Gasteiger partial charge in [0, 0.05) is 18.9 Å². The van der Waals surface area contributed by atoms with Gasteiger partial charge in [0.1, 0.15) is 0 Å². The van der Waals surface area contributed by atoms with Gasteiger partial charge in [0.15, 0.2) is 0 Å². The Balaban J connectivity index is 1.72. The van der Waals surface area contributed by atoms with E-state index in [1.54, 1.807) is 0 Å². The number of alkyl halides is 2. The first-order valence-electron chi connectivity index (χ1n) is 8.18. The van der Waals surface area contributed by atoms with Gasteiger partial charge in [-0.15, -0.1) is 0 Å². The fraction of sp³-hybridized carbons (Fsp3) is 0.667. The van der Waals surface area contributed by atoms with Gasteiger partial charge in [0.25, 0.3) is 0 Å². The van der Waals surface area contributed by atoms with Crippen molar-refractivity contribution >= 4 is 0 Å². The molecule has 1 aromatic carbocycles. The summed E-state index contributed by atoms with van der Waals surface area (Å²) in [6.07, 6.45) is 3.98. The number of halogens is 2. The van der Waals surface area contributed by atoms with Crippen molar-refractivity contribution in [2.45, 2.75) is 56.4 Å². The third-order valence-electron chi connectivity index (χ3n) is 5.42. The standard InChI is InChI=1S/C18H25F2N/c1-21-11-9-15(14-6-3-2-4-7-14)12-17(21)16-8-5-10-18(19,20)13-16/h2-4,6-7,15-17H,5,8-13H2,1H3. The predicted molar refractivity (Wildman–Crippen MR) is 81.7 cm³/mol. The summed E-state index contributed by atoms with van der Waals surface area (Å²) in [6, 6.07) is 10.9. The maximum Gasteiger partial charge on any atom is 0.248 e. The monoisotopic (exact) mass is 293 g/mol. The van der Waals surface area contributed by atoms with Crippen molar-refractivity contribution < 1.29 is 8.78 Å². The summed E-state index contributed by atoms with van der Waals surface area (Å²) in [4.78, 5) is 2.32. The van der Waals surface area contributed by atoms with E-state index in [9.17, 15) is 8.78 Å². The van der Waals surface area contributed by atoms with Gasteiger partial charge in [-0.3, -0.25) is 0 Å². The molecule has 1 nitrogen and oxygen atoms in total. The smallest absolute Gasteiger partial charge is 0.248 e. The molecule has 2 fully saturated rings. The van der Waals surface area contributed by atoms with Crippen molar-refractivity contribution in [2.75, 3.05) is 13.6 Å². The summed E-state index contributed by atoms with van der Waals surface area (Å²) < 4.78 is 27.5. The molecule has 3 rings (SSSR count). The molecule has 116 valence electrons. The minimum absolute atomic E-state index is 0.0854. The van der Waals surface area contributed by atoms with Crippen LogP contribution in [-0.2, 0) is 0 Å². The maximum atomic E-state index is 13.7. The molecule has 3 atom stereocenters. The van der Waals surface area contributed by atoms with Crippen LogP contribution in [0.5, 0.6) is 0 Å². The van der Waals surface area contributed by atoms with Gasteiger partial charge in [-0.2, -0.15) is 0 Å². The minimum Gasteiger partial charge on any atom is -0.303 e. The second-order valence-corrected chi connectivity index (χ2v) is 6.89. The molecule has 0 radical (unpaired) electrons. The maximum absolute atomic E-state index is 13.7. The molecule has 3 heteroatoms. The van der Waals surface area contributed by atoms with E-state index in [1.165, 1.54) is 5.56 Å². The van der Waals surface area contributed by atoms with E-state index in [-0.39, 0.29) is 18.8 Å². The molecule has 0 N–H and O–H groups in total. The highest BCUT2D eigenvalue weighted by molar-refractivity contribution is 5.20. The summed E-state index contributed by atoms with van der Waals surface area (Å²) in [5.74, 6) is -1.75. The highest BCUT2D eigenvalue weighted by Gasteiger charge is 2.42. The Morgan fingerprint density at radius 3 is 2.62 bits per heavy atom. The molecule has 0 spiro atoms. The fourth-order valence-electron chi connectivity index (χ4n) is 4.23. The van der Waals surface area contributed by atoms with Gasteiger partial charge in [-0.25, -0.2) is 8.78 Å². The lowest BCUT2D eigenvalue weighted by atomic mass is 9.75. The van der Waals surface area contributed by atoms with E-state index in [1.807, 2.05) is 6.07 Å². The Bertz CT molecular complexity index is 460. The zero-order chi connectivity index (χ0) is 14.9. The van der Waals surface area contributed by atoms with E-state index in [0.29, 0.717) is 18.4 Å². The van der Waals surface area contributed by atoms with E-state index in [2.05, 4.69) is 36.2 Å². The zero-order valence-corrected chi connectivity index (χ0v) is 12.8. The quantitative estimate of drug-likeness (QED) is 0.764. The first-order chi connectivity index (χ1) is 10.1. The number of benzene rings is 1. The van der Waals surface area contributed by atoms with Crippen LogP contribution >= 0.6 is 0 Å². The Morgan fingerprint density at radius 2 is 1.90 bits per heavy atom. The van der Waals surface area contributed by atoms with E-state index in [0.717, 1.165) is 25.8 Å². The molecule has 1 saturated heterocycles. The summed E-state index contributed by atoms with van der Waals surface area (Å²) >= 11 is 0. The Hall–Kier alpha value is -0.960. The van der Waals surface area contributed by atoms with Gasteiger partial charge in [-0.05, 0) is 56.7 Å². The van der Waals surface area contributed by atoms with Crippen LogP contribution in [0.1, 0.15) is 50.0 Å². The van der Waals surface area contributed by atoms with Crippen LogP contribution in [0.4, 0.5) is 8.78 Å².